The largest absolute Gasteiger partial charge is 0.494 e. The summed E-state index contributed by atoms with van der Waals surface area (Å²) in [5.41, 5.74) is 3.02. The number of carbonyl (C=O) groups excluding carboxylic acids is 1. The summed E-state index contributed by atoms with van der Waals surface area (Å²) in [6, 6.07) is 9.74. The van der Waals surface area contributed by atoms with Crippen molar-refractivity contribution in [3.05, 3.63) is 42.2 Å². The molecule has 0 saturated carbocycles. The molecule has 1 aliphatic heterocycles. The third-order valence-electron chi connectivity index (χ3n) is 5.96. The second-order valence-electron chi connectivity index (χ2n) is 8.29. The highest BCUT2D eigenvalue weighted by Crippen LogP contribution is 2.35. The molecule has 1 saturated heterocycles. The van der Waals surface area contributed by atoms with Gasteiger partial charge >= 0.3 is 6.03 Å². The first-order valence-corrected chi connectivity index (χ1v) is 10.3. The van der Waals surface area contributed by atoms with E-state index in [0.717, 1.165) is 24.0 Å². The fraction of sp³-hybridized carbons (Fsp3) is 0.391. The lowest BCUT2D eigenvalue weighted by atomic mass is 9.86. The number of halogens is 1. The number of hydrogen-bond acceptors (Lipinski definition) is 4. The summed E-state index contributed by atoms with van der Waals surface area (Å²) in [5, 5.41) is 2.88. The molecule has 0 spiro atoms. The standard InChI is InChI=1S/C23H27FN4O3/c1-23(11-13-30-2)10-12-28(14-23)22(29)27-21-25-19-17(15-4-6-16(24)7-5-15)8-9-18(31-3)20(19)26-21/h4-9H,10-14H2,1-3H3,(H2,25,26,27,29). The quantitative estimate of drug-likeness (QED) is 0.601. The van der Waals surface area contributed by atoms with Crippen molar-refractivity contribution < 1.29 is 18.7 Å². The van der Waals surface area contributed by atoms with Gasteiger partial charge in [0.2, 0.25) is 5.95 Å². The number of anilines is 1. The summed E-state index contributed by atoms with van der Waals surface area (Å²) in [6.07, 6.45) is 1.85. The predicted octanol–water partition coefficient (Wildman–Crippen LogP) is 4.66. The zero-order valence-electron chi connectivity index (χ0n) is 18.0. The second-order valence-corrected chi connectivity index (χ2v) is 8.29. The monoisotopic (exact) mass is 426 g/mol. The number of nitrogens with zero attached hydrogens (tertiary/aromatic N) is 2. The fourth-order valence-corrected chi connectivity index (χ4v) is 4.09. The van der Waals surface area contributed by atoms with Crippen molar-refractivity contribution in [2.45, 2.75) is 19.8 Å². The maximum atomic E-state index is 13.4. The van der Waals surface area contributed by atoms with Gasteiger partial charge in [0.25, 0.3) is 0 Å². The van der Waals surface area contributed by atoms with Crippen molar-refractivity contribution in [2.75, 3.05) is 39.2 Å². The maximum absolute atomic E-state index is 13.4. The van der Waals surface area contributed by atoms with Gasteiger partial charge in [0, 0.05) is 32.4 Å². The number of aromatic nitrogens is 2. The molecule has 4 rings (SSSR count). The van der Waals surface area contributed by atoms with E-state index in [1.165, 1.54) is 12.1 Å². The topological polar surface area (TPSA) is 79.5 Å². The number of methoxy groups -OCH3 is 2. The van der Waals surface area contributed by atoms with E-state index in [-0.39, 0.29) is 17.3 Å². The number of ether oxygens (including phenoxy) is 2. The summed E-state index contributed by atoms with van der Waals surface area (Å²) in [7, 11) is 3.27. The van der Waals surface area contributed by atoms with Gasteiger partial charge in [-0.2, -0.15) is 0 Å². The Bertz CT molecular complexity index is 1080. The van der Waals surface area contributed by atoms with Crippen LogP contribution in [0.5, 0.6) is 5.75 Å². The first-order valence-electron chi connectivity index (χ1n) is 10.3. The summed E-state index contributed by atoms with van der Waals surface area (Å²) >= 11 is 0. The number of amides is 2. The minimum absolute atomic E-state index is 0.0558. The molecule has 2 heterocycles. The van der Waals surface area contributed by atoms with Crippen LogP contribution in [0.15, 0.2) is 36.4 Å². The van der Waals surface area contributed by atoms with Crippen molar-refractivity contribution in [2.24, 2.45) is 5.41 Å². The maximum Gasteiger partial charge on any atom is 0.324 e. The lowest BCUT2D eigenvalue weighted by Gasteiger charge is -2.24. The number of aromatic amines is 1. The van der Waals surface area contributed by atoms with Gasteiger partial charge < -0.3 is 19.4 Å². The number of hydrogen-bond donors (Lipinski definition) is 2. The molecular weight excluding hydrogens is 399 g/mol. The highest BCUT2D eigenvalue weighted by Gasteiger charge is 2.36. The average Bonchev–Trinajstić information content (AvgIpc) is 3.36. The van der Waals surface area contributed by atoms with Crippen LogP contribution in [0.3, 0.4) is 0 Å². The molecule has 1 unspecified atom stereocenters. The second kappa shape index (κ2) is 8.55. The molecule has 2 amide bonds. The Labute approximate surface area is 180 Å². The number of urea groups is 1. The smallest absolute Gasteiger partial charge is 0.324 e. The molecule has 2 N–H and O–H groups in total. The number of likely N-dealkylation sites (tertiary alicyclic amines) is 1. The van der Waals surface area contributed by atoms with E-state index in [9.17, 15) is 9.18 Å². The number of H-pyrrole nitrogens is 1. The molecule has 1 fully saturated rings. The molecule has 1 atom stereocenters. The molecule has 0 aliphatic carbocycles. The van der Waals surface area contributed by atoms with E-state index in [2.05, 4.69) is 22.2 Å². The molecule has 3 aromatic rings. The van der Waals surface area contributed by atoms with E-state index in [1.807, 2.05) is 12.1 Å². The minimum Gasteiger partial charge on any atom is -0.494 e. The molecule has 8 heteroatoms. The first kappa shape index (κ1) is 21.1. The normalized spacial score (nSPS) is 18.5. The van der Waals surface area contributed by atoms with Crippen LogP contribution in [0, 0.1) is 11.2 Å². The van der Waals surface area contributed by atoms with Crippen LogP contribution in [0.25, 0.3) is 22.2 Å². The van der Waals surface area contributed by atoms with E-state index >= 15 is 0 Å². The van der Waals surface area contributed by atoms with Crippen molar-refractivity contribution in [1.29, 1.82) is 0 Å². The molecule has 0 radical (unpaired) electrons. The molecule has 164 valence electrons. The summed E-state index contributed by atoms with van der Waals surface area (Å²) in [6.45, 7) is 4.23. The van der Waals surface area contributed by atoms with E-state index in [0.29, 0.717) is 42.4 Å². The molecule has 31 heavy (non-hydrogen) atoms. The van der Waals surface area contributed by atoms with Crippen molar-refractivity contribution in [3.63, 3.8) is 0 Å². The Hall–Kier alpha value is -3.13. The van der Waals surface area contributed by atoms with Gasteiger partial charge in [-0.3, -0.25) is 5.32 Å². The Balaban J connectivity index is 1.58. The summed E-state index contributed by atoms with van der Waals surface area (Å²) in [5.74, 6) is 0.659. The Morgan fingerprint density at radius 1 is 1.26 bits per heavy atom. The van der Waals surface area contributed by atoms with Crippen LogP contribution >= 0.6 is 0 Å². The third kappa shape index (κ3) is 4.34. The van der Waals surface area contributed by atoms with E-state index in [1.54, 1.807) is 31.3 Å². The van der Waals surface area contributed by atoms with Gasteiger partial charge in [0.1, 0.15) is 22.6 Å². The summed E-state index contributed by atoms with van der Waals surface area (Å²) < 4.78 is 24.0. The Morgan fingerprint density at radius 3 is 2.74 bits per heavy atom. The molecule has 1 aliphatic rings. The fourth-order valence-electron chi connectivity index (χ4n) is 4.09. The number of fused-ring (bicyclic) bond motifs is 1. The van der Waals surface area contributed by atoms with Crippen LogP contribution in [0.2, 0.25) is 0 Å². The van der Waals surface area contributed by atoms with Gasteiger partial charge in [0.15, 0.2) is 0 Å². The third-order valence-corrected chi connectivity index (χ3v) is 5.96. The van der Waals surface area contributed by atoms with Crippen LogP contribution in [0.4, 0.5) is 15.1 Å². The molecule has 2 aromatic carbocycles. The Morgan fingerprint density at radius 2 is 2.03 bits per heavy atom. The van der Waals surface area contributed by atoms with Gasteiger partial charge in [-0.05, 0) is 48.1 Å². The van der Waals surface area contributed by atoms with Crippen LogP contribution in [-0.4, -0.2) is 54.8 Å². The van der Waals surface area contributed by atoms with Gasteiger partial charge in [0.05, 0.1) is 7.11 Å². The van der Waals surface area contributed by atoms with Crippen LogP contribution in [-0.2, 0) is 4.74 Å². The van der Waals surface area contributed by atoms with Crippen molar-refractivity contribution >= 4 is 23.0 Å². The zero-order chi connectivity index (χ0) is 22.0. The number of benzene rings is 2. The van der Waals surface area contributed by atoms with Crippen molar-refractivity contribution in [1.82, 2.24) is 14.9 Å². The lowest BCUT2D eigenvalue weighted by Crippen LogP contribution is -2.35. The highest BCUT2D eigenvalue weighted by atomic mass is 19.1. The molecule has 0 bridgehead atoms. The van der Waals surface area contributed by atoms with Gasteiger partial charge in [-0.1, -0.05) is 19.1 Å². The zero-order valence-corrected chi connectivity index (χ0v) is 18.0. The minimum atomic E-state index is -0.299. The predicted molar refractivity (Wildman–Crippen MR) is 118 cm³/mol. The summed E-state index contributed by atoms with van der Waals surface area (Å²) in [4.78, 5) is 22.4. The number of rotatable bonds is 6. The van der Waals surface area contributed by atoms with Crippen LogP contribution < -0.4 is 10.1 Å². The number of imidazole rings is 1. The molecule has 7 nitrogen and oxygen atoms in total. The van der Waals surface area contributed by atoms with Crippen LogP contribution in [0.1, 0.15) is 19.8 Å². The SMILES string of the molecule is COCCC1(C)CCN(C(=O)Nc2nc3c(-c4ccc(F)cc4)ccc(OC)c3[nH]2)C1. The Kier molecular flexibility index (Phi) is 5.82. The van der Waals surface area contributed by atoms with E-state index < -0.39 is 0 Å². The van der Waals surface area contributed by atoms with Gasteiger partial charge in [-0.25, -0.2) is 14.2 Å². The first-order chi connectivity index (χ1) is 14.9. The molecular formula is C23H27FN4O3. The molecule has 1 aromatic heterocycles. The number of nitrogens with one attached hydrogen (secondary N) is 2. The van der Waals surface area contributed by atoms with Crippen molar-refractivity contribution in [3.8, 4) is 16.9 Å². The van der Waals surface area contributed by atoms with Gasteiger partial charge in [-0.15, -0.1) is 0 Å². The average molecular weight is 426 g/mol. The lowest BCUT2D eigenvalue weighted by molar-refractivity contribution is 0.146. The number of carbonyl (C=O) groups is 1. The highest BCUT2D eigenvalue weighted by molar-refractivity contribution is 5.98. The van der Waals surface area contributed by atoms with E-state index in [4.69, 9.17) is 9.47 Å².